The SMILES string of the molecule is O=C(CCc1cc2c(cn1)[nH]c1ccccc12)NCc1ccccc1. The summed E-state index contributed by atoms with van der Waals surface area (Å²) in [6, 6.07) is 20.2. The number of H-pyrrole nitrogens is 1. The van der Waals surface area contributed by atoms with Crippen molar-refractivity contribution in [2.45, 2.75) is 19.4 Å². The lowest BCUT2D eigenvalue weighted by atomic mass is 10.1. The van der Waals surface area contributed by atoms with Crippen LogP contribution in [0.15, 0.2) is 66.9 Å². The fourth-order valence-electron chi connectivity index (χ4n) is 3.06. The van der Waals surface area contributed by atoms with Crippen LogP contribution in [0, 0.1) is 0 Å². The summed E-state index contributed by atoms with van der Waals surface area (Å²) >= 11 is 0. The molecule has 0 spiro atoms. The van der Waals surface area contributed by atoms with Gasteiger partial charge in [0.15, 0.2) is 0 Å². The average molecular weight is 329 g/mol. The number of aryl methyl sites for hydroxylation is 1. The van der Waals surface area contributed by atoms with Crippen molar-refractivity contribution in [2.24, 2.45) is 0 Å². The molecule has 4 heteroatoms. The quantitative estimate of drug-likeness (QED) is 0.582. The summed E-state index contributed by atoms with van der Waals surface area (Å²) in [7, 11) is 0. The van der Waals surface area contributed by atoms with Gasteiger partial charge in [0.25, 0.3) is 0 Å². The van der Waals surface area contributed by atoms with Gasteiger partial charge < -0.3 is 10.3 Å². The molecule has 2 aromatic heterocycles. The first kappa shape index (κ1) is 15.4. The van der Waals surface area contributed by atoms with E-state index >= 15 is 0 Å². The van der Waals surface area contributed by atoms with Crippen LogP contribution in [0.5, 0.6) is 0 Å². The van der Waals surface area contributed by atoms with Gasteiger partial charge in [-0.1, -0.05) is 48.5 Å². The van der Waals surface area contributed by atoms with E-state index in [0.29, 0.717) is 19.4 Å². The minimum absolute atomic E-state index is 0.0460. The molecular formula is C21H19N3O. The number of para-hydroxylation sites is 1. The zero-order chi connectivity index (χ0) is 17.1. The first-order chi connectivity index (χ1) is 12.3. The first-order valence-electron chi connectivity index (χ1n) is 8.45. The molecule has 4 nitrogen and oxygen atoms in total. The molecule has 4 aromatic rings. The number of nitrogens with one attached hydrogen (secondary N) is 2. The second-order valence-corrected chi connectivity index (χ2v) is 6.15. The third-order valence-corrected chi connectivity index (χ3v) is 4.39. The van der Waals surface area contributed by atoms with Crippen LogP contribution >= 0.6 is 0 Å². The van der Waals surface area contributed by atoms with Crippen LogP contribution in [-0.2, 0) is 17.8 Å². The van der Waals surface area contributed by atoms with E-state index in [1.54, 1.807) is 0 Å². The minimum Gasteiger partial charge on any atom is -0.353 e. The normalized spacial score (nSPS) is 11.0. The molecule has 25 heavy (non-hydrogen) atoms. The molecule has 0 saturated carbocycles. The summed E-state index contributed by atoms with van der Waals surface area (Å²) in [6.45, 7) is 0.564. The van der Waals surface area contributed by atoms with E-state index in [1.807, 2.05) is 48.7 Å². The number of aromatic nitrogens is 2. The van der Waals surface area contributed by atoms with Crippen molar-refractivity contribution in [3.05, 3.63) is 78.1 Å². The number of carbonyl (C=O) groups excluding carboxylic acids is 1. The van der Waals surface area contributed by atoms with Gasteiger partial charge in [-0.15, -0.1) is 0 Å². The third-order valence-electron chi connectivity index (χ3n) is 4.39. The maximum atomic E-state index is 12.1. The highest BCUT2D eigenvalue weighted by Gasteiger charge is 2.07. The maximum absolute atomic E-state index is 12.1. The number of hydrogen-bond acceptors (Lipinski definition) is 2. The van der Waals surface area contributed by atoms with Crippen LogP contribution < -0.4 is 5.32 Å². The van der Waals surface area contributed by atoms with E-state index in [4.69, 9.17) is 0 Å². The second kappa shape index (κ2) is 6.77. The summed E-state index contributed by atoms with van der Waals surface area (Å²) in [6.07, 6.45) is 2.93. The molecule has 0 radical (unpaired) electrons. The van der Waals surface area contributed by atoms with Crippen LogP contribution in [-0.4, -0.2) is 15.9 Å². The van der Waals surface area contributed by atoms with Crippen molar-refractivity contribution in [1.29, 1.82) is 0 Å². The van der Waals surface area contributed by atoms with Crippen LogP contribution in [0.3, 0.4) is 0 Å². The molecule has 0 unspecified atom stereocenters. The Bertz CT molecular complexity index is 1020. The Hall–Kier alpha value is -3.14. The Morgan fingerprint density at radius 3 is 2.64 bits per heavy atom. The molecule has 0 bridgehead atoms. The van der Waals surface area contributed by atoms with Crippen LogP contribution in [0.4, 0.5) is 0 Å². The lowest BCUT2D eigenvalue weighted by Gasteiger charge is -2.05. The predicted molar refractivity (Wildman–Crippen MR) is 100 cm³/mol. The van der Waals surface area contributed by atoms with E-state index < -0.39 is 0 Å². The summed E-state index contributed by atoms with van der Waals surface area (Å²) in [5.41, 5.74) is 4.18. The highest BCUT2D eigenvalue weighted by molar-refractivity contribution is 6.06. The van der Waals surface area contributed by atoms with Crippen molar-refractivity contribution in [3.8, 4) is 0 Å². The van der Waals surface area contributed by atoms with E-state index in [0.717, 1.165) is 27.7 Å². The first-order valence-corrected chi connectivity index (χ1v) is 8.45. The number of nitrogens with zero attached hydrogens (tertiary/aromatic N) is 1. The molecule has 124 valence electrons. The Morgan fingerprint density at radius 2 is 1.76 bits per heavy atom. The Balaban J connectivity index is 1.42. The summed E-state index contributed by atoms with van der Waals surface area (Å²) in [5, 5.41) is 5.31. The van der Waals surface area contributed by atoms with Crippen molar-refractivity contribution >= 4 is 27.7 Å². The van der Waals surface area contributed by atoms with E-state index in [2.05, 4.69) is 33.5 Å². The molecular weight excluding hydrogens is 310 g/mol. The van der Waals surface area contributed by atoms with Gasteiger partial charge in [0.05, 0.1) is 11.7 Å². The molecule has 1 amide bonds. The average Bonchev–Trinajstić information content (AvgIpc) is 3.03. The van der Waals surface area contributed by atoms with Gasteiger partial charge >= 0.3 is 0 Å². The number of hydrogen-bond donors (Lipinski definition) is 2. The lowest BCUT2D eigenvalue weighted by molar-refractivity contribution is -0.121. The number of aromatic amines is 1. The van der Waals surface area contributed by atoms with E-state index in [-0.39, 0.29) is 5.91 Å². The lowest BCUT2D eigenvalue weighted by Crippen LogP contribution is -2.23. The fraction of sp³-hybridized carbons (Fsp3) is 0.143. The van der Waals surface area contributed by atoms with Gasteiger partial charge in [0, 0.05) is 34.9 Å². The molecule has 0 fully saturated rings. The molecule has 2 N–H and O–H groups in total. The maximum Gasteiger partial charge on any atom is 0.220 e. The predicted octanol–water partition coefficient (Wildman–Crippen LogP) is 3.97. The Morgan fingerprint density at radius 1 is 0.960 bits per heavy atom. The molecule has 0 aliphatic heterocycles. The number of benzene rings is 2. The monoisotopic (exact) mass is 329 g/mol. The largest absolute Gasteiger partial charge is 0.353 e. The molecule has 0 aliphatic carbocycles. The van der Waals surface area contributed by atoms with Gasteiger partial charge in [-0.25, -0.2) is 0 Å². The van der Waals surface area contributed by atoms with Crippen molar-refractivity contribution in [2.75, 3.05) is 0 Å². The van der Waals surface area contributed by atoms with E-state index in [1.165, 1.54) is 5.39 Å². The van der Waals surface area contributed by atoms with Crippen LogP contribution in [0.25, 0.3) is 21.8 Å². The number of rotatable bonds is 5. The Labute approximate surface area is 145 Å². The fourth-order valence-corrected chi connectivity index (χ4v) is 3.06. The highest BCUT2D eigenvalue weighted by atomic mass is 16.1. The standard InChI is InChI=1S/C21H19N3O/c25-21(23-13-15-6-2-1-3-7-15)11-10-16-12-18-17-8-4-5-9-19(17)24-20(18)14-22-16/h1-9,12,14,24H,10-11,13H2,(H,23,25). The number of amides is 1. The Kier molecular flexibility index (Phi) is 4.17. The zero-order valence-corrected chi connectivity index (χ0v) is 13.8. The minimum atomic E-state index is 0.0460. The summed E-state index contributed by atoms with van der Waals surface area (Å²) in [4.78, 5) is 19.9. The third kappa shape index (κ3) is 3.38. The summed E-state index contributed by atoms with van der Waals surface area (Å²) in [5.74, 6) is 0.0460. The van der Waals surface area contributed by atoms with Gasteiger partial charge in [0.2, 0.25) is 5.91 Å². The highest BCUT2D eigenvalue weighted by Crippen LogP contribution is 2.25. The molecule has 0 atom stereocenters. The smallest absolute Gasteiger partial charge is 0.220 e. The van der Waals surface area contributed by atoms with Gasteiger partial charge in [0.1, 0.15) is 0 Å². The molecule has 0 saturated heterocycles. The number of pyridine rings is 1. The van der Waals surface area contributed by atoms with Gasteiger partial charge in [-0.05, 0) is 24.1 Å². The van der Waals surface area contributed by atoms with E-state index in [9.17, 15) is 4.79 Å². The molecule has 2 heterocycles. The zero-order valence-electron chi connectivity index (χ0n) is 13.8. The van der Waals surface area contributed by atoms with Crippen LogP contribution in [0.1, 0.15) is 17.7 Å². The van der Waals surface area contributed by atoms with Gasteiger partial charge in [-0.3, -0.25) is 9.78 Å². The topological polar surface area (TPSA) is 57.8 Å². The van der Waals surface area contributed by atoms with Crippen molar-refractivity contribution in [3.63, 3.8) is 0 Å². The number of fused-ring (bicyclic) bond motifs is 3. The van der Waals surface area contributed by atoms with Crippen molar-refractivity contribution in [1.82, 2.24) is 15.3 Å². The number of carbonyl (C=O) groups is 1. The molecule has 4 rings (SSSR count). The summed E-state index contributed by atoms with van der Waals surface area (Å²) < 4.78 is 0. The van der Waals surface area contributed by atoms with Gasteiger partial charge in [-0.2, -0.15) is 0 Å². The van der Waals surface area contributed by atoms with Crippen molar-refractivity contribution < 1.29 is 4.79 Å². The van der Waals surface area contributed by atoms with Crippen LogP contribution in [0.2, 0.25) is 0 Å². The second-order valence-electron chi connectivity index (χ2n) is 6.15. The molecule has 0 aliphatic rings. The molecule has 2 aromatic carbocycles.